The fourth-order valence-corrected chi connectivity index (χ4v) is 1.80. The summed E-state index contributed by atoms with van der Waals surface area (Å²) >= 11 is 0. The molecule has 1 aromatic rings. The van der Waals surface area contributed by atoms with Gasteiger partial charge in [-0.05, 0) is 18.1 Å². The van der Waals surface area contributed by atoms with E-state index >= 15 is 0 Å². The molecule has 1 unspecified atom stereocenters. The molecule has 0 saturated heterocycles. The Labute approximate surface area is 121 Å². The van der Waals surface area contributed by atoms with E-state index in [1.54, 1.807) is 24.3 Å². The lowest BCUT2D eigenvalue weighted by Crippen LogP contribution is -2.42. The lowest BCUT2D eigenvalue weighted by Gasteiger charge is -2.13. The zero-order valence-corrected chi connectivity index (χ0v) is 11.5. The molecule has 0 aromatic heterocycles. The Kier molecular flexibility index (Phi) is 6.19. The molecule has 1 amide bonds. The van der Waals surface area contributed by atoms with Gasteiger partial charge in [0.2, 0.25) is 5.91 Å². The average Bonchev–Trinajstić information content (AvgIpc) is 2.44. The number of nitrogens with one attached hydrogen (secondary N) is 1. The maximum Gasteiger partial charge on any atom is 0.326 e. The highest BCUT2D eigenvalue weighted by Gasteiger charge is 2.22. The van der Waals surface area contributed by atoms with E-state index in [-0.39, 0.29) is 6.42 Å². The Bertz CT molecular complexity index is 528. The number of carbonyl (C=O) groups is 3. The van der Waals surface area contributed by atoms with Crippen LogP contribution in [0.2, 0.25) is 0 Å². The van der Waals surface area contributed by atoms with Crippen molar-refractivity contribution >= 4 is 17.8 Å². The predicted molar refractivity (Wildman–Crippen MR) is 73.1 cm³/mol. The molecule has 0 radical (unpaired) electrons. The van der Waals surface area contributed by atoms with Crippen LogP contribution >= 0.6 is 0 Å². The van der Waals surface area contributed by atoms with Crippen molar-refractivity contribution in [1.82, 2.24) is 5.32 Å². The SMILES string of the molecule is COc1ccccc1CCC(=O)NC(CC(=O)O)C(=O)O. The fourth-order valence-electron chi connectivity index (χ4n) is 1.80. The van der Waals surface area contributed by atoms with E-state index in [4.69, 9.17) is 14.9 Å². The Hall–Kier alpha value is -2.57. The summed E-state index contributed by atoms with van der Waals surface area (Å²) in [5.41, 5.74) is 0.820. The largest absolute Gasteiger partial charge is 0.496 e. The van der Waals surface area contributed by atoms with Crippen LogP contribution in [0.5, 0.6) is 5.75 Å². The number of aryl methyl sites for hydroxylation is 1. The number of benzene rings is 1. The molecule has 0 spiro atoms. The highest BCUT2D eigenvalue weighted by molar-refractivity contribution is 5.86. The summed E-state index contributed by atoms with van der Waals surface area (Å²) in [7, 11) is 1.52. The Morgan fingerprint density at radius 3 is 2.48 bits per heavy atom. The molecule has 7 nitrogen and oxygen atoms in total. The maximum atomic E-state index is 11.7. The lowest BCUT2D eigenvalue weighted by molar-refractivity contribution is -0.147. The molecule has 114 valence electrons. The molecule has 1 aromatic carbocycles. The first-order valence-corrected chi connectivity index (χ1v) is 6.30. The van der Waals surface area contributed by atoms with E-state index in [1.807, 2.05) is 0 Å². The van der Waals surface area contributed by atoms with Gasteiger partial charge in [-0.3, -0.25) is 9.59 Å². The minimum Gasteiger partial charge on any atom is -0.496 e. The standard InChI is InChI=1S/C14H17NO6/c1-21-11-5-3-2-4-9(11)6-7-12(16)15-10(14(19)20)8-13(17)18/h2-5,10H,6-8H2,1H3,(H,15,16)(H,17,18)(H,19,20). The second-order valence-electron chi connectivity index (χ2n) is 4.37. The maximum absolute atomic E-state index is 11.7. The number of carboxylic acid groups (broad SMARTS) is 2. The normalized spacial score (nSPS) is 11.5. The van der Waals surface area contributed by atoms with Crippen molar-refractivity contribution in [3.05, 3.63) is 29.8 Å². The third-order valence-corrected chi connectivity index (χ3v) is 2.83. The van der Waals surface area contributed by atoms with Crippen LogP contribution in [0.25, 0.3) is 0 Å². The van der Waals surface area contributed by atoms with Crippen LogP contribution in [0, 0.1) is 0 Å². The van der Waals surface area contributed by atoms with Gasteiger partial charge in [0.05, 0.1) is 13.5 Å². The summed E-state index contributed by atoms with van der Waals surface area (Å²) in [6.45, 7) is 0. The molecule has 0 heterocycles. The van der Waals surface area contributed by atoms with Crippen molar-refractivity contribution in [3.8, 4) is 5.75 Å². The lowest BCUT2D eigenvalue weighted by atomic mass is 10.1. The van der Waals surface area contributed by atoms with Crippen molar-refractivity contribution in [2.24, 2.45) is 0 Å². The van der Waals surface area contributed by atoms with Crippen LogP contribution in [-0.4, -0.2) is 41.2 Å². The number of amides is 1. The highest BCUT2D eigenvalue weighted by atomic mass is 16.5. The molecule has 0 aliphatic rings. The number of hydrogen-bond donors (Lipinski definition) is 3. The molecule has 3 N–H and O–H groups in total. The van der Waals surface area contributed by atoms with Gasteiger partial charge < -0.3 is 20.3 Å². The van der Waals surface area contributed by atoms with Gasteiger partial charge in [-0.1, -0.05) is 18.2 Å². The van der Waals surface area contributed by atoms with Crippen LogP contribution in [0.15, 0.2) is 24.3 Å². The molecule has 1 atom stereocenters. The molecule has 0 aliphatic heterocycles. The van der Waals surface area contributed by atoms with E-state index in [1.165, 1.54) is 7.11 Å². The Morgan fingerprint density at radius 1 is 1.24 bits per heavy atom. The fraction of sp³-hybridized carbons (Fsp3) is 0.357. The van der Waals surface area contributed by atoms with Gasteiger partial charge in [0.1, 0.15) is 11.8 Å². The topological polar surface area (TPSA) is 113 Å². The number of carboxylic acids is 2. The zero-order chi connectivity index (χ0) is 15.8. The predicted octanol–water partition coefficient (Wildman–Crippen LogP) is 0.672. The minimum atomic E-state index is -1.42. The minimum absolute atomic E-state index is 0.0454. The monoisotopic (exact) mass is 295 g/mol. The van der Waals surface area contributed by atoms with Crippen molar-refractivity contribution in [3.63, 3.8) is 0 Å². The first-order chi connectivity index (χ1) is 9.93. The third kappa shape index (κ3) is 5.52. The molecule has 0 saturated carbocycles. The van der Waals surface area contributed by atoms with Crippen LogP contribution in [0.4, 0.5) is 0 Å². The summed E-state index contributed by atoms with van der Waals surface area (Å²) in [6.07, 6.45) is -0.241. The quantitative estimate of drug-likeness (QED) is 0.649. The van der Waals surface area contributed by atoms with Crippen LogP contribution in [0.3, 0.4) is 0 Å². The summed E-state index contributed by atoms with van der Waals surface area (Å²) in [5.74, 6) is -2.53. The zero-order valence-electron chi connectivity index (χ0n) is 11.5. The van der Waals surface area contributed by atoms with E-state index in [9.17, 15) is 14.4 Å². The van der Waals surface area contributed by atoms with Crippen molar-refractivity contribution in [2.45, 2.75) is 25.3 Å². The van der Waals surface area contributed by atoms with Crippen molar-refractivity contribution < 1.29 is 29.3 Å². The van der Waals surface area contributed by atoms with Crippen molar-refractivity contribution in [1.29, 1.82) is 0 Å². The molecule has 7 heteroatoms. The van der Waals surface area contributed by atoms with Gasteiger partial charge in [-0.2, -0.15) is 0 Å². The third-order valence-electron chi connectivity index (χ3n) is 2.83. The van der Waals surface area contributed by atoms with Gasteiger partial charge in [-0.25, -0.2) is 4.79 Å². The molecule has 0 bridgehead atoms. The van der Waals surface area contributed by atoms with Gasteiger partial charge in [0.15, 0.2) is 0 Å². The Morgan fingerprint density at radius 2 is 1.90 bits per heavy atom. The van der Waals surface area contributed by atoms with Crippen LogP contribution < -0.4 is 10.1 Å². The van der Waals surface area contributed by atoms with E-state index in [0.717, 1.165) is 5.56 Å². The van der Waals surface area contributed by atoms with Gasteiger partial charge in [0, 0.05) is 6.42 Å². The number of carbonyl (C=O) groups excluding carboxylic acids is 1. The van der Waals surface area contributed by atoms with Crippen molar-refractivity contribution in [2.75, 3.05) is 7.11 Å². The first kappa shape index (κ1) is 16.5. The van der Waals surface area contributed by atoms with Gasteiger partial charge >= 0.3 is 11.9 Å². The molecule has 1 rings (SSSR count). The highest BCUT2D eigenvalue weighted by Crippen LogP contribution is 2.18. The number of ether oxygens (including phenoxy) is 1. The summed E-state index contributed by atoms with van der Waals surface area (Å²) < 4.78 is 5.15. The number of aliphatic carboxylic acids is 2. The number of para-hydroxylation sites is 1. The van der Waals surface area contributed by atoms with E-state index in [0.29, 0.717) is 12.2 Å². The molecule has 0 aliphatic carbocycles. The number of hydrogen-bond acceptors (Lipinski definition) is 4. The number of rotatable bonds is 8. The second-order valence-corrected chi connectivity index (χ2v) is 4.37. The second kappa shape index (κ2) is 7.88. The summed E-state index contributed by atoms with van der Waals surface area (Å²) in [6, 6.07) is 5.75. The smallest absolute Gasteiger partial charge is 0.326 e. The summed E-state index contributed by atoms with van der Waals surface area (Å²) in [5, 5.41) is 19.6. The van der Waals surface area contributed by atoms with Gasteiger partial charge in [-0.15, -0.1) is 0 Å². The average molecular weight is 295 g/mol. The van der Waals surface area contributed by atoms with E-state index in [2.05, 4.69) is 5.32 Å². The first-order valence-electron chi connectivity index (χ1n) is 6.30. The van der Waals surface area contributed by atoms with Crippen LogP contribution in [-0.2, 0) is 20.8 Å². The molecular formula is C14H17NO6. The van der Waals surface area contributed by atoms with E-state index < -0.39 is 30.3 Å². The number of methoxy groups -OCH3 is 1. The van der Waals surface area contributed by atoms with Gasteiger partial charge in [0.25, 0.3) is 0 Å². The molecule has 0 fully saturated rings. The summed E-state index contributed by atoms with van der Waals surface area (Å²) in [4.78, 5) is 33.1. The molecular weight excluding hydrogens is 278 g/mol. The Balaban J connectivity index is 2.56. The molecule has 21 heavy (non-hydrogen) atoms. The van der Waals surface area contributed by atoms with Crippen LogP contribution in [0.1, 0.15) is 18.4 Å².